The number of fused-ring (bicyclic) bond motifs is 1. The van der Waals surface area contributed by atoms with Crippen LogP contribution < -0.4 is 10.5 Å². The van der Waals surface area contributed by atoms with Crippen molar-refractivity contribution < 1.29 is 9.15 Å². The first kappa shape index (κ1) is 16.0. The summed E-state index contributed by atoms with van der Waals surface area (Å²) in [6.07, 6.45) is 8.26. The highest BCUT2D eigenvalue weighted by Crippen LogP contribution is 2.26. The highest BCUT2D eigenvalue weighted by atomic mass is 16.5. The third-order valence-corrected chi connectivity index (χ3v) is 5.14. The maximum absolute atomic E-state index is 12.0. The molecule has 1 aromatic carbocycles. The molecule has 0 saturated heterocycles. The van der Waals surface area contributed by atoms with E-state index in [-0.39, 0.29) is 5.76 Å². The molecule has 1 saturated carbocycles. The van der Waals surface area contributed by atoms with Crippen LogP contribution in [0.1, 0.15) is 37.1 Å². The monoisotopic (exact) mass is 341 g/mol. The zero-order valence-corrected chi connectivity index (χ0v) is 14.5. The average Bonchev–Trinajstić information content (AvgIpc) is 3.34. The molecule has 1 N–H and O–H groups in total. The second-order valence-electron chi connectivity index (χ2n) is 6.82. The summed E-state index contributed by atoms with van der Waals surface area (Å²) in [5.74, 6) is 1.58. The number of ether oxygens (including phenoxy) is 1. The van der Waals surface area contributed by atoms with Crippen LogP contribution in [0.2, 0.25) is 0 Å². The molecule has 6 nitrogen and oxygen atoms in total. The van der Waals surface area contributed by atoms with E-state index in [9.17, 15) is 4.79 Å². The Balaban J connectivity index is 1.47. The van der Waals surface area contributed by atoms with Gasteiger partial charge in [-0.15, -0.1) is 5.10 Å². The van der Waals surface area contributed by atoms with Crippen molar-refractivity contribution in [3.8, 4) is 5.75 Å². The summed E-state index contributed by atoms with van der Waals surface area (Å²) < 4.78 is 12.1. The topological polar surface area (TPSA) is 73.0 Å². The molecule has 0 spiro atoms. The fourth-order valence-corrected chi connectivity index (χ4v) is 3.74. The molecule has 4 rings (SSSR count). The molecule has 0 atom stereocenters. The Kier molecular flexibility index (Phi) is 4.34. The summed E-state index contributed by atoms with van der Waals surface area (Å²) in [5, 5.41) is 5.52. The lowest BCUT2D eigenvalue weighted by Gasteiger charge is -2.05. The molecule has 1 aliphatic carbocycles. The number of benzene rings is 1. The zero-order chi connectivity index (χ0) is 17.2. The lowest BCUT2D eigenvalue weighted by molar-refractivity contribution is 0.394. The molecule has 1 aliphatic rings. The van der Waals surface area contributed by atoms with Crippen molar-refractivity contribution in [1.29, 1.82) is 0 Å². The van der Waals surface area contributed by atoms with Crippen molar-refractivity contribution in [1.82, 2.24) is 14.8 Å². The second-order valence-corrected chi connectivity index (χ2v) is 6.82. The Morgan fingerprint density at radius 1 is 1.32 bits per heavy atom. The van der Waals surface area contributed by atoms with Crippen LogP contribution in [0.3, 0.4) is 0 Å². The van der Waals surface area contributed by atoms with Gasteiger partial charge in [-0.3, -0.25) is 0 Å². The van der Waals surface area contributed by atoms with Gasteiger partial charge in [0.1, 0.15) is 5.75 Å². The van der Waals surface area contributed by atoms with Gasteiger partial charge in [-0.1, -0.05) is 12.8 Å². The van der Waals surface area contributed by atoms with Crippen molar-refractivity contribution in [2.75, 3.05) is 7.11 Å². The van der Waals surface area contributed by atoms with Gasteiger partial charge in [-0.25, -0.2) is 4.79 Å². The Bertz CT molecular complexity index is 916. The maximum atomic E-state index is 12.0. The third kappa shape index (κ3) is 3.34. The van der Waals surface area contributed by atoms with Gasteiger partial charge in [-0.05, 0) is 48.9 Å². The van der Waals surface area contributed by atoms with Crippen LogP contribution in [0, 0.1) is 5.92 Å². The van der Waals surface area contributed by atoms with E-state index < -0.39 is 0 Å². The SMILES string of the molecule is COc1ccc2[nH]cc(CCc3nn(CC4CCCC4)c(=O)o3)c2c1. The highest BCUT2D eigenvalue weighted by molar-refractivity contribution is 5.84. The van der Waals surface area contributed by atoms with Gasteiger partial charge in [0, 0.05) is 23.5 Å². The second kappa shape index (κ2) is 6.78. The van der Waals surface area contributed by atoms with E-state index in [1.807, 2.05) is 24.4 Å². The summed E-state index contributed by atoms with van der Waals surface area (Å²) in [6.45, 7) is 0.687. The van der Waals surface area contributed by atoms with Crippen molar-refractivity contribution >= 4 is 10.9 Å². The van der Waals surface area contributed by atoms with Crippen LogP contribution in [0.5, 0.6) is 5.75 Å². The number of rotatable bonds is 6. The van der Waals surface area contributed by atoms with Crippen molar-refractivity contribution in [2.24, 2.45) is 5.92 Å². The fraction of sp³-hybridized carbons (Fsp3) is 0.474. The molecule has 1 fully saturated rings. The number of hydrogen-bond acceptors (Lipinski definition) is 4. The van der Waals surface area contributed by atoms with E-state index in [4.69, 9.17) is 9.15 Å². The number of H-pyrrole nitrogens is 1. The largest absolute Gasteiger partial charge is 0.497 e. The lowest BCUT2D eigenvalue weighted by Crippen LogP contribution is -2.20. The van der Waals surface area contributed by atoms with Crippen molar-refractivity contribution in [3.05, 3.63) is 46.4 Å². The number of nitrogens with zero attached hydrogens (tertiary/aromatic N) is 2. The van der Waals surface area contributed by atoms with E-state index in [0.29, 0.717) is 24.8 Å². The normalized spacial score (nSPS) is 15.2. The van der Waals surface area contributed by atoms with Crippen LogP contribution in [-0.2, 0) is 19.4 Å². The Morgan fingerprint density at radius 2 is 2.16 bits per heavy atom. The minimum Gasteiger partial charge on any atom is -0.497 e. The Hall–Kier alpha value is -2.50. The van der Waals surface area contributed by atoms with Gasteiger partial charge in [0.25, 0.3) is 0 Å². The van der Waals surface area contributed by atoms with E-state index in [1.165, 1.54) is 35.9 Å². The summed E-state index contributed by atoms with van der Waals surface area (Å²) in [5.41, 5.74) is 2.24. The predicted octanol–water partition coefficient (Wildman–Crippen LogP) is 3.30. The number of aromatic nitrogens is 3. The van der Waals surface area contributed by atoms with Gasteiger partial charge < -0.3 is 14.1 Å². The number of hydrogen-bond donors (Lipinski definition) is 1. The summed E-state index contributed by atoms with van der Waals surface area (Å²) >= 11 is 0. The van der Waals surface area contributed by atoms with Crippen LogP contribution in [0.25, 0.3) is 10.9 Å². The number of aryl methyl sites for hydroxylation is 2. The predicted molar refractivity (Wildman–Crippen MR) is 95.0 cm³/mol. The van der Waals surface area contributed by atoms with Crippen molar-refractivity contribution in [3.63, 3.8) is 0 Å². The molecule has 0 amide bonds. The maximum Gasteiger partial charge on any atom is 0.437 e. The smallest absolute Gasteiger partial charge is 0.437 e. The minimum absolute atomic E-state index is 0.331. The standard InChI is InChI=1S/C19H23N3O3/c1-24-15-7-8-17-16(10-15)14(11-20-17)6-9-18-21-22(19(23)25-18)12-13-4-2-3-5-13/h7-8,10-11,13,20H,2-6,9,12H2,1H3. The van der Waals surface area contributed by atoms with E-state index >= 15 is 0 Å². The number of methoxy groups -OCH3 is 1. The number of aromatic amines is 1. The Labute approximate surface area is 145 Å². The molecular formula is C19H23N3O3. The van der Waals surface area contributed by atoms with Gasteiger partial charge in [0.05, 0.1) is 13.7 Å². The molecule has 0 unspecified atom stereocenters. The van der Waals surface area contributed by atoms with Crippen molar-refractivity contribution in [2.45, 2.75) is 45.1 Å². The first-order valence-corrected chi connectivity index (χ1v) is 8.94. The summed E-state index contributed by atoms with van der Waals surface area (Å²) in [7, 11) is 1.67. The molecule has 0 aliphatic heterocycles. The summed E-state index contributed by atoms with van der Waals surface area (Å²) in [6, 6.07) is 5.97. The van der Waals surface area contributed by atoms with E-state index in [2.05, 4.69) is 10.1 Å². The minimum atomic E-state index is -0.331. The zero-order valence-electron chi connectivity index (χ0n) is 14.5. The van der Waals surface area contributed by atoms with Gasteiger partial charge in [0.15, 0.2) is 0 Å². The molecule has 25 heavy (non-hydrogen) atoms. The van der Waals surface area contributed by atoms with Gasteiger partial charge in [-0.2, -0.15) is 4.68 Å². The molecule has 132 valence electrons. The molecule has 3 aromatic rings. The third-order valence-electron chi connectivity index (χ3n) is 5.14. The molecule has 0 radical (unpaired) electrons. The highest BCUT2D eigenvalue weighted by Gasteiger charge is 2.18. The molecule has 0 bridgehead atoms. The molecule has 6 heteroatoms. The quantitative estimate of drug-likeness (QED) is 0.746. The van der Waals surface area contributed by atoms with E-state index in [0.717, 1.165) is 23.1 Å². The first-order chi connectivity index (χ1) is 12.2. The number of nitrogens with one attached hydrogen (secondary N) is 1. The Morgan fingerprint density at radius 3 is 2.96 bits per heavy atom. The van der Waals surface area contributed by atoms with Crippen LogP contribution >= 0.6 is 0 Å². The van der Waals surface area contributed by atoms with Gasteiger partial charge >= 0.3 is 5.76 Å². The van der Waals surface area contributed by atoms with Crippen LogP contribution in [0.15, 0.2) is 33.6 Å². The van der Waals surface area contributed by atoms with Crippen LogP contribution in [0.4, 0.5) is 0 Å². The fourth-order valence-electron chi connectivity index (χ4n) is 3.74. The lowest BCUT2D eigenvalue weighted by atomic mass is 10.1. The first-order valence-electron chi connectivity index (χ1n) is 8.94. The molecule has 2 heterocycles. The van der Waals surface area contributed by atoms with E-state index in [1.54, 1.807) is 7.11 Å². The average molecular weight is 341 g/mol. The summed E-state index contributed by atoms with van der Waals surface area (Å²) in [4.78, 5) is 15.3. The van der Waals surface area contributed by atoms with Gasteiger partial charge in [0.2, 0.25) is 5.89 Å². The van der Waals surface area contributed by atoms with Crippen LogP contribution in [-0.4, -0.2) is 21.9 Å². The molecular weight excluding hydrogens is 318 g/mol. The molecule has 2 aromatic heterocycles.